The Balaban J connectivity index is 4.41. The van der Waals surface area contributed by atoms with Gasteiger partial charge in [0.05, 0.1) is 13.1 Å². The highest BCUT2D eigenvalue weighted by Gasteiger charge is 2.26. The average molecular weight is 224 g/mol. The highest BCUT2D eigenvalue weighted by atomic mass is 16.1. The summed E-state index contributed by atoms with van der Waals surface area (Å²) >= 11 is 0. The van der Waals surface area contributed by atoms with Gasteiger partial charge in [-0.1, -0.05) is 26.7 Å². The monoisotopic (exact) mass is 224 g/mol. The van der Waals surface area contributed by atoms with Gasteiger partial charge < -0.3 is 0 Å². The van der Waals surface area contributed by atoms with Gasteiger partial charge >= 0.3 is 0 Å². The van der Waals surface area contributed by atoms with Crippen LogP contribution in [0.2, 0.25) is 0 Å². The molecule has 0 aromatic heterocycles. The van der Waals surface area contributed by atoms with Gasteiger partial charge in [-0.2, -0.15) is 0 Å². The van der Waals surface area contributed by atoms with Crippen LogP contribution in [0, 0.1) is 5.41 Å². The van der Waals surface area contributed by atoms with Crippen molar-refractivity contribution in [2.75, 3.05) is 13.1 Å². The van der Waals surface area contributed by atoms with Gasteiger partial charge in [0.25, 0.3) is 0 Å². The molecule has 0 rings (SSSR count). The molecule has 0 N–H and O–H groups in total. The third-order valence-corrected chi connectivity index (χ3v) is 3.17. The van der Waals surface area contributed by atoms with Crippen LogP contribution in [0.25, 0.3) is 0 Å². The maximum atomic E-state index is 10.0. The van der Waals surface area contributed by atoms with Crippen molar-refractivity contribution >= 4 is 12.2 Å². The smallest absolute Gasteiger partial charge is 0.211 e. The average Bonchev–Trinajstić information content (AvgIpc) is 2.29. The molecule has 0 aliphatic rings. The molecule has 4 heteroatoms. The standard InChI is InChI=1S/C12H20N2O2/c1-3-5-12(4-2,6-8-13-10-15)7-9-14-11-16/h3-9H2,1-2H3. The van der Waals surface area contributed by atoms with Crippen molar-refractivity contribution < 1.29 is 9.59 Å². The van der Waals surface area contributed by atoms with E-state index < -0.39 is 0 Å². The van der Waals surface area contributed by atoms with Gasteiger partial charge in [0.2, 0.25) is 12.2 Å². The second-order valence-corrected chi connectivity index (χ2v) is 4.05. The lowest BCUT2D eigenvalue weighted by atomic mass is 9.75. The normalized spacial score (nSPS) is 13.4. The molecule has 0 aliphatic carbocycles. The van der Waals surface area contributed by atoms with Crippen LogP contribution in [0.4, 0.5) is 0 Å². The highest BCUT2D eigenvalue weighted by Crippen LogP contribution is 2.36. The second kappa shape index (κ2) is 9.02. The van der Waals surface area contributed by atoms with Crippen molar-refractivity contribution in [3.05, 3.63) is 0 Å². The molecule has 0 bridgehead atoms. The predicted molar refractivity (Wildman–Crippen MR) is 62.8 cm³/mol. The Hall–Kier alpha value is -1.24. The Morgan fingerprint density at radius 3 is 1.75 bits per heavy atom. The first kappa shape index (κ1) is 14.8. The highest BCUT2D eigenvalue weighted by molar-refractivity contribution is 5.33. The maximum absolute atomic E-state index is 10.0. The van der Waals surface area contributed by atoms with Crippen molar-refractivity contribution in [1.82, 2.24) is 0 Å². The Morgan fingerprint density at radius 1 is 0.938 bits per heavy atom. The zero-order valence-electron chi connectivity index (χ0n) is 10.2. The molecule has 0 amide bonds. The quantitative estimate of drug-likeness (QED) is 0.446. The molecule has 90 valence electrons. The van der Waals surface area contributed by atoms with Crippen molar-refractivity contribution in [3.8, 4) is 0 Å². The molecule has 0 spiro atoms. The molecule has 16 heavy (non-hydrogen) atoms. The summed E-state index contributed by atoms with van der Waals surface area (Å²) in [5, 5.41) is 0. The summed E-state index contributed by atoms with van der Waals surface area (Å²) in [5.41, 5.74) is 0.148. The van der Waals surface area contributed by atoms with Crippen LogP contribution in [0.5, 0.6) is 0 Å². The third kappa shape index (κ3) is 5.59. The molecule has 0 aliphatic heterocycles. The van der Waals surface area contributed by atoms with Crippen LogP contribution in [-0.4, -0.2) is 25.2 Å². The molecule has 0 radical (unpaired) electrons. The van der Waals surface area contributed by atoms with Crippen LogP contribution in [0.3, 0.4) is 0 Å². The third-order valence-electron chi connectivity index (χ3n) is 3.17. The lowest BCUT2D eigenvalue weighted by Gasteiger charge is -2.31. The summed E-state index contributed by atoms with van der Waals surface area (Å²) in [6, 6.07) is 0. The molecule has 0 saturated carbocycles. The van der Waals surface area contributed by atoms with Gasteiger partial charge in [-0.15, -0.1) is 0 Å². The Kier molecular flexibility index (Phi) is 8.32. The van der Waals surface area contributed by atoms with Crippen LogP contribution in [0.15, 0.2) is 9.98 Å². The summed E-state index contributed by atoms with van der Waals surface area (Å²) < 4.78 is 0. The minimum Gasteiger partial charge on any atom is -0.211 e. The van der Waals surface area contributed by atoms with E-state index in [0.29, 0.717) is 13.1 Å². The van der Waals surface area contributed by atoms with Crippen LogP contribution in [-0.2, 0) is 9.59 Å². The molecule has 0 saturated heterocycles. The summed E-state index contributed by atoms with van der Waals surface area (Å²) in [5.74, 6) is 0. The fourth-order valence-corrected chi connectivity index (χ4v) is 2.11. The summed E-state index contributed by atoms with van der Waals surface area (Å²) in [4.78, 5) is 27.3. The van der Waals surface area contributed by atoms with Gasteiger partial charge in [-0.3, -0.25) is 0 Å². The number of hydrogen-bond acceptors (Lipinski definition) is 4. The van der Waals surface area contributed by atoms with E-state index in [1.54, 1.807) is 12.2 Å². The van der Waals surface area contributed by atoms with E-state index in [4.69, 9.17) is 0 Å². The Bertz CT molecular complexity index is 255. The fourth-order valence-electron chi connectivity index (χ4n) is 2.11. The van der Waals surface area contributed by atoms with Crippen molar-refractivity contribution in [2.24, 2.45) is 15.4 Å². The van der Waals surface area contributed by atoms with Crippen LogP contribution < -0.4 is 0 Å². The van der Waals surface area contributed by atoms with Gasteiger partial charge in [0, 0.05) is 0 Å². The van der Waals surface area contributed by atoms with Crippen molar-refractivity contribution in [3.63, 3.8) is 0 Å². The number of aliphatic imine (C=N–C) groups is 2. The first-order chi connectivity index (χ1) is 7.74. The topological polar surface area (TPSA) is 58.9 Å². The zero-order valence-corrected chi connectivity index (χ0v) is 10.2. The van der Waals surface area contributed by atoms with Gasteiger partial charge in [0.15, 0.2) is 0 Å². The van der Waals surface area contributed by atoms with E-state index in [1.165, 1.54) is 0 Å². The van der Waals surface area contributed by atoms with E-state index >= 15 is 0 Å². The summed E-state index contributed by atoms with van der Waals surface area (Å²) in [6.45, 7) is 5.30. The molecule has 4 nitrogen and oxygen atoms in total. The Labute approximate surface area is 96.9 Å². The van der Waals surface area contributed by atoms with E-state index in [0.717, 1.165) is 32.1 Å². The fraction of sp³-hybridized carbons (Fsp3) is 0.833. The number of isocyanates is 2. The molecule has 0 fully saturated rings. The largest absolute Gasteiger partial charge is 0.234 e. The molecular weight excluding hydrogens is 204 g/mol. The first-order valence-electron chi connectivity index (χ1n) is 5.82. The first-order valence-corrected chi connectivity index (χ1v) is 5.82. The maximum Gasteiger partial charge on any atom is 0.234 e. The van der Waals surface area contributed by atoms with Crippen molar-refractivity contribution in [1.29, 1.82) is 0 Å². The van der Waals surface area contributed by atoms with E-state index in [9.17, 15) is 9.59 Å². The zero-order chi connectivity index (χ0) is 12.3. The summed E-state index contributed by atoms with van der Waals surface area (Å²) in [7, 11) is 0. The minimum absolute atomic E-state index is 0.148. The molecular formula is C12H20N2O2. The van der Waals surface area contributed by atoms with E-state index in [2.05, 4.69) is 23.8 Å². The summed E-state index contributed by atoms with van der Waals surface area (Å²) in [6.07, 6.45) is 8.03. The minimum atomic E-state index is 0.148. The van der Waals surface area contributed by atoms with Gasteiger partial charge in [0.1, 0.15) is 0 Å². The number of carbonyl (C=O) groups excluding carboxylic acids is 2. The lowest BCUT2D eigenvalue weighted by Crippen LogP contribution is -2.22. The SMILES string of the molecule is CCCC(CC)(CCN=C=O)CCN=C=O. The van der Waals surface area contributed by atoms with Gasteiger partial charge in [-0.05, 0) is 24.7 Å². The van der Waals surface area contributed by atoms with Crippen LogP contribution >= 0.6 is 0 Å². The molecule has 0 aromatic rings. The van der Waals surface area contributed by atoms with Gasteiger partial charge in [-0.25, -0.2) is 19.6 Å². The molecule has 0 aromatic carbocycles. The second-order valence-electron chi connectivity index (χ2n) is 4.05. The van der Waals surface area contributed by atoms with E-state index in [-0.39, 0.29) is 5.41 Å². The molecule has 0 atom stereocenters. The molecule has 0 heterocycles. The van der Waals surface area contributed by atoms with Crippen LogP contribution in [0.1, 0.15) is 46.0 Å². The molecule has 0 unspecified atom stereocenters. The number of rotatable bonds is 9. The number of nitrogens with zero attached hydrogens (tertiary/aromatic N) is 2. The lowest BCUT2D eigenvalue weighted by molar-refractivity contribution is 0.215. The predicted octanol–water partition coefficient (Wildman–Crippen LogP) is 2.63. The van der Waals surface area contributed by atoms with E-state index in [1.807, 2.05) is 0 Å². The van der Waals surface area contributed by atoms with Crippen molar-refractivity contribution in [2.45, 2.75) is 46.0 Å². The number of hydrogen-bond donors (Lipinski definition) is 0. The Morgan fingerprint density at radius 2 is 1.44 bits per heavy atom.